The molecule has 1 heteroatoms. The molecule has 3 aliphatic rings. The molecule has 0 aliphatic heterocycles. The molecule has 0 aromatic carbocycles. The van der Waals surface area contributed by atoms with Gasteiger partial charge < -0.3 is 5.32 Å². The fourth-order valence-corrected chi connectivity index (χ4v) is 2.46. The maximum Gasteiger partial charge on any atom is 0.0112 e. The molecule has 0 unspecified atom stereocenters. The van der Waals surface area contributed by atoms with E-state index in [4.69, 9.17) is 0 Å². The van der Waals surface area contributed by atoms with Gasteiger partial charge in [0.15, 0.2) is 0 Å². The van der Waals surface area contributed by atoms with Crippen molar-refractivity contribution in [2.45, 2.75) is 37.8 Å². The zero-order valence-electron chi connectivity index (χ0n) is 6.79. The van der Waals surface area contributed by atoms with Crippen molar-refractivity contribution in [3.05, 3.63) is 12.2 Å². The Hall–Kier alpha value is -0.300. The van der Waals surface area contributed by atoms with Gasteiger partial charge in [-0.05, 0) is 37.5 Å². The van der Waals surface area contributed by atoms with E-state index in [0.717, 1.165) is 23.9 Å². The Labute approximate surface area is 67.9 Å². The van der Waals surface area contributed by atoms with Crippen LogP contribution in [0, 0.1) is 11.8 Å². The number of nitrogens with one attached hydrogen (secondary N) is 1. The van der Waals surface area contributed by atoms with Crippen molar-refractivity contribution in [1.82, 2.24) is 5.32 Å². The van der Waals surface area contributed by atoms with Gasteiger partial charge in [-0.25, -0.2) is 0 Å². The molecule has 11 heavy (non-hydrogen) atoms. The third kappa shape index (κ3) is 0.943. The summed E-state index contributed by atoms with van der Waals surface area (Å²) in [6.07, 6.45) is 10.4. The summed E-state index contributed by atoms with van der Waals surface area (Å²) in [6, 6.07) is 1.78. The van der Waals surface area contributed by atoms with Gasteiger partial charge in [-0.3, -0.25) is 0 Å². The predicted molar refractivity (Wildman–Crippen MR) is 45.3 cm³/mol. The number of fused-ring (bicyclic) bond motifs is 1. The highest BCUT2D eigenvalue weighted by atomic mass is 15.0. The van der Waals surface area contributed by atoms with Gasteiger partial charge in [0.05, 0.1) is 0 Å². The van der Waals surface area contributed by atoms with Crippen LogP contribution in [0.3, 0.4) is 0 Å². The molecule has 1 nitrogen and oxygen atoms in total. The third-order valence-corrected chi connectivity index (χ3v) is 3.41. The van der Waals surface area contributed by atoms with E-state index >= 15 is 0 Å². The summed E-state index contributed by atoms with van der Waals surface area (Å²) < 4.78 is 0. The van der Waals surface area contributed by atoms with E-state index in [-0.39, 0.29) is 0 Å². The second-order valence-corrected chi connectivity index (χ2v) is 4.27. The molecule has 60 valence electrons. The van der Waals surface area contributed by atoms with Crippen LogP contribution in [0.15, 0.2) is 12.2 Å². The van der Waals surface area contributed by atoms with Crippen LogP contribution in [0.25, 0.3) is 0 Å². The normalized spacial score (nSPS) is 47.1. The SMILES string of the molecule is C1=C[C@@H]2C[C@H](NC3CC3)[C@@H]2C1. The van der Waals surface area contributed by atoms with E-state index in [1.165, 1.54) is 25.7 Å². The molecule has 0 aromatic rings. The van der Waals surface area contributed by atoms with Gasteiger partial charge in [0.2, 0.25) is 0 Å². The molecule has 3 atom stereocenters. The molecule has 0 amide bonds. The number of rotatable bonds is 2. The van der Waals surface area contributed by atoms with E-state index in [1.54, 1.807) is 0 Å². The van der Waals surface area contributed by atoms with Crippen molar-refractivity contribution in [3.63, 3.8) is 0 Å². The van der Waals surface area contributed by atoms with Crippen LogP contribution < -0.4 is 5.32 Å². The third-order valence-electron chi connectivity index (χ3n) is 3.41. The lowest BCUT2D eigenvalue weighted by Crippen LogP contribution is -2.48. The molecule has 3 aliphatic carbocycles. The van der Waals surface area contributed by atoms with Crippen molar-refractivity contribution < 1.29 is 0 Å². The summed E-state index contributed by atoms with van der Waals surface area (Å²) >= 11 is 0. The first-order chi connectivity index (χ1) is 5.43. The van der Waals surface area contributed by atoms with Crippen LogP contribution in [0.4, 0.5) is 0 Å². The molecular weight excluding hydrogens is 134 g/mol. The number of hydrogen-bond donors (Lipinski definition) is 1. The van der Waals surface area contributed by atoms with Crippen LogP contribution in [0.2, 0.25) is 0 Å². The molecule has 1 N–H and O–H groups in total. The van der Waals surface area contributed by atoms with Crippen LogP contribution in [-0.4, -0.2) is 12.1 Å². The fraction of sp³-hybridized carbons (Fsp3) is 0.800. The number of hydrogen-bond acceptors (Lipinski definition) is 1. The van der Waals surface area contributed by atoms with Crippen LogP contribution >= 0.6 is 0 Å². The van der Waals surface area contributed by atoms with Crippen molar-refractivity contribution in [1.29, 1.82) is 0 Å². The summed E-state index contributed by atoms with van der Waals surface area (Å²) in [5.74, 6) is 1.93. The molecule has 0 aromatic heterocycles. The Kier molecular flexibility index (Phi) is 1.19. The molecule has 0 heterocycles. The van der Waals surface area contributed by atoms with Crippen LogP contribution in [0.1, 0.15) is 25.7 Å². The summed E-state index contributed by atoms with van der Waals surface area (Å²) in [6.45, 7) is 0. The maximum absolute atomic E-state index is 3.72. The van der Waals surface area contributed by atoms with E-state index in [0.29, 0.717) is 0 Å². The fourth-order valence-electron chi connectivity index (χ4n) is 2.46. The smallest absolute Gasteiger partial charge is 0.0112 e. The highest BCUT2D eigenvalue weighted by Crippen LogP contribution is 2.43. The van der Waals surface area contributed by atoms with Gasteiger partial charge >= 0.3 is 0 Å². The van der Waals surface area contributed by atoms with Gasteiger partial charge in [-0.15, -0.1) is 0 Å². The lowest BCUT2D eigenvalue weighted by molar-refractivity contribution is 0.158. The van der Waals surface area contributed by atoms with Gasteiger partial charge in [0.25, 0.3) is 0 Å². The highest BCUT2D eigenvalue weighted by Gasteiger charge is 2.42. The van der Waals surface area contributed by atoms with E-state index < -0.39 is 0 Å². The molecule has 0 bridgehead atoms. The largest absolute Gasteiger partial charge is 0.311 e. The molecule has 2 fully saturated rings. The molecule has 0 radical (unpaired) electrons. The Bertz CT molecular complexity index is 193. The van der Waals surface area contributed by atoms with Crippen molar-refractivity contribution >= 4 is 0 Å². The van der Waals surface area contributed by atoms with Gasteiger partial charge in [0, 0.05) is 12.1 Å². The zero-order valence-corrected chi connectivity index (χ0v) is 6.79. The monoisotopic (exact) mass is 149 g/mol. The van der Waals surface area contributed by atoms with Crippen molar-refractivity contribution in [3.8, 4) is 0 Å². The first-order valence-electron chi connectivity index (χ1n) is 4.86. The van der Waals surface area contributed by atoms with E-state index in [2.05, 4.69) is 17.5 Å². The lowest BCUT2D eigenvalue weighted by atomic mass is 9.71. The summed E-state index contributed by atoms with van der Waals surface area (Å²) in [7, 11) is 0. The van der Waals surface area contributed by atoms with Crippen molar-refractivity contribution in [2.75, 3.05) is 0 Å². The zero-order chi connectivity index (χ0) is 7.26. The quantitative estimate of drug-likeness (QED) is 0.589. The molecule has 2 saturated carbocycles. The highest BCUT2D eigenvalue weighted by molar-refractivity contribution is 5.13. The topological polar surface area (TPSA) is 12.0 Å². The van der Waals surface area contributed by atoms with Crippen molar-refractivity contribution in [2.24, 2.45) is 11.8 Å². The first kappa shape index (κ1) is 6.24. The Morgan fingerprint density at radius 1 is 1.27 bits per heavy atom. The van der Waals surface area contributed by atoms with Gasteiger partial charge in [-0.1, -0.05) is 12.2 Å². The van der Waals surface area contributed by atoms with E-state index in [9.17, 15) is 0 Å². The number of allylic oxidation sites excluding steroid dienone is 2. The van der Waals surface area contributed by atoms with Gasteiger partial charge in [0.1, 0.15) is 0 Å². The van der Waals surface area contributed by atoms with Gasteiger partial charge in [-0.2, -0.15) is 0 Å². The summed E-state index contributed by atoms with van der Waals surface area (Å²) in [5, 5.41) is 3.72. The molecule has 3 rings (SSSR count). The maximum atomic E-state index is 3.72. The molecular formula is C10H15N. The first-order valence-corrected chi connectivity index (χ1v) is 4.86. The predicted octanol–water partition coefficient (Wildman–Crippen LogP) is 1.70. The minimum Gasteiger partial charge on any atom is -0.311 e. The minimum atomic E-state index is 0.877. The average Bonchev–Trinajstić information content (AvgIpc) is 2.71. The Morgan fingerprint density at radius 3 is 2.91 bits per heavy atom. The molecule has 0 saturated heterocycles. The standard InChI is InChI=1S/C10H15N/c1-2-7-6-10(9(7)3-1)11-8-4-5-8/h1-2,7-11H,3-6H2/t7-,9-,10+/m1/s1. The summed E-state index contributed by atoms with van der Waals surface area (Å²) in [4.78, 5) is 0. The average molecular weight is 149 g/mol. The lowest BCUT2D eigenvalue weighted by Gasteiger charge is -2.41. The minimum absolute atomic E-state index is 0.877. The Balaban J connectivity index is 1.58. The second kappa shape index (κ2) is 2.10. The molecule has 0 spiro atoms. The van der Waals surface area contributed by atoms with E-state index in [1.807, 2.05) is 0 Å². The van der Waals surface area contributed by atoms with Crippen LogP contribution in [0.5, 0.6) is 0 Å². The second-order valence-electron chi connectivity index (χ2n) is 4.27. The Morgan fingerprint density at radius 2 is 2.18 bits per heavy atom. The summed E-state index contributed by atoms with van der Waals surface area (Å²) in [5.41, 5.74) is 0. The van der Waals surface area contributed by atoms with Crippen LogP contribution in [-0.2, 0) is 0 Å².